The Labute approximate surface area is 78.2 Å². The minimum Gasteiger partial charge on any atom is -0.351 e. The van der Waals surface area contributed by atoms with Crippen LogP contribution in [0.3, 0.4) is 0 Å². The second kappa shape index (κ2) is 4.03. The van der Waals surface area contributed by atoms with E-state index in [0.717, 1.165) is 11.3 Å². The normalized spacial score (nSPS) is 9.77. The standard InChI is InChI=1S/C10H14N2O/c1-4-11-10(13)9-6-5-7(2)8(3)12-9/h5-6H,4H2,1-3H3,(H,11,13). The van der Waals surface area contributed by atoms with Crippen molar-refractivity contribution in [1.29, 1.82) is 0 Å². The molecule has 0 atom stereocenters. The van der Waals surface area contributed by atoms with Crippen LogP contribution in [0.1, 0.15) is 28.7 Å². The highest BCUT2D eigenvalue weighted by atomic mass is 16.1. The summed E-state index contributed by atoms with van der Waals surface area (Å²) in [4.78, 5) is 15.5. The van der Waals surface area contributed by atoms with Crippen molar-refractivity contribution in [1.82, 2.24) is 10.3 Å². The molecule has 0 aliphatic heterocycles. The maximum absolute atomic E-state index is 11.3. The van der Waals surface area contributed by atoms with E-state index in [4.69, 9.17) is 0 Å². The van der Waals surface area contributed by atoms with Gasteiger partial charge in [0.1, 0.15) is 5.69 Å². The lowest BCUT2D eigenvalue weighted by Gasteiger charge is -2.03. The molecule has 0 aliphatic rings. The fourth-order valence-electron chi connectivity index (χ4n) is 1.01. The van der Waals surface area contributed by atoms with E-state index in [1.165, 1.54) is 0 Å². The zero-order chi connectivity index (χ0) is 9.84. The number of carbonyl (C=O) groups is 1. The van der Waals surface area contributed by atoms with Gasteiger partial charge in [-0.25, -0.2) is 4.98 Å². The molecule has 13 heavy (non-hydrogen) atoms. The number of pyridine rings is 1. The van der Waals surface area contributed by atoms with Gasteiger partial charge in [-0.15, -0.1) is 0 Å². The fourth-order valence-corrected chi connectivity index (χ4v) is 1.01. The molecule has 3 heteroatoms. The van der Waals surface area contributed by atoms with Gasteiger partial charge in [-0.3, -0.25) is 4.79 Å². The summed E-state index contributed by atoms with van der Waals surface area (Å²) in [5.74, 6) is -0.106. The highest BCUT2D eigenvalue weighted by Crippen LogP contribution is 2.04. The molecule has 1 aromatic heterocycles. The van der Waals surface area contributed by atoms with Gasteiger partial charge in [-0.2, -0.15) is 0 Å². The first kappa shape index (κ1) is 9.71. The molecule has 0 fully saturated rings. The molecule has 0 spiro atoms. The zero-order valence-corrected chi connectivity index (χ0v) is 8.22. The summed E-state index contributed by atoms with van der Waals surface area (Å²) < 4.78 is 0. The minimum atomic E-state index is -0.106. The predicted molar refractivity (Wildman–Crippen MR) is 51.7 cm³/mol. The van der Waals surface area contributed by atoms with E-state index in [2.05, 4.69) is 10.3 Å². The molecule has 0 radical (unpaired) electrons. The largest absolute Gasteiger partial charge is 0.351 e. The van der Waals surface area contributed by atoms with Crippen LogP contribution < -0.4 is 5.32 Å². The van der Waals surface area contributed by atoms with Crippen molar-refractivity contribution in [2.24, 2.45) is 0 Å². The molecule has 0 saturated carbocycles. The van der Waals surface area contributed by atoms with Gasteiger partial charge in [0, 0.05) is 12.2 Å². The molecule has 3 nitrogen and oxygen atoms in total. The lowest BCUT2D eigenvalue weighted by atomic mass is 10.2. The summed E-state index contributed by atoms with van der Waals surface area (Å²) >= 11 is 0. The smallest absolute Gasteiger partial charge is 0.269 e. The third kappa shape index (κ3) is 2.28. The maximum Gasteiger partial charge on any atom is 0.269 e. The molecule has 0 aliphatic carbocycles. The van der Waals surface area contributed by atoms with Crippen LogP contribution in [0.4, 0.5) is 0 Å². The van der Waals surface area contributed by atoms with Crippen molar-refractivity contribution >= 4 is 5.91 Å². The molecule has 0 aromatic carbocycles. The van der Waals surface area contributed by atoms with E-state index in [-0.39, 0.29) is 5.91 Å². The number of hydrogen-bond acceptors (Lipinski definition) is 2. The Balaban J connectivity index is 2.90. The first-order chi connectivity index (χ1) is 6.15. The van der Waals surface area contributed by atoms with E-state index in [9.17, 15) is 4.79 Å². The van der Waals surface area contributed by atoms with E-state index in [0.29, 0.717) is 12.2 Å². The summed E-state index contributed by atoms with van der Waals surface area (Å²) in [6.07, 6.45) is 0. The van der Waals surface area contributed by atoms with Gasteiger partial charge in [0.15, 0.2) is 0 Å². The van der Waals surface area contributed by atoms with Crippen molar-refractivity contribution in [3.05, 3.63) is 29.1 Å². The van der Waals surface area contributed by atoms with E-state index in [1.807, 2.05) is 26.8 Å². The summed E-state index contributed by atoms with van der Waals surface area (Å²) in [7, 11) is 0. The lowest BCUT2D eigenvalue weighted by Crippen LogP contribution is -2.23. The highest BCUT2D eigenvalue weighted by molar-refractivity contribution is 5.92. The molecule has 0 saturated heterocycles. The van der Waals surface area contributed by atoms with Crippen molar-refractivity contribution in [3.63, 3.8) is 0 Å². The van der Waals surface area contributed by atoms with Crippen LogP contribution in [0.5, 0.6) is 0 Å². The van der Waals surface area contributed by atoms with Crippen LogP contribution in [0.15, 0.2) is 12.1 Å². The van der Waals surface area contributed by atoms with E-state index >= 15 is 0 Å². The summed E-state index contributed by atoms with van der Waals surface area (Å²) in [6, 6.07) is 3.65. The summed E-state index contributed by atoms with van der Waals surface area (Å²) in [6.45, 7) is 6.40. The lowest BCUT2D eigenvalue weighted by molar-refractivity contribution is 0.0950. The van der Waals surface area contributed by atoms with Crippen molar-refractivity contribution in [2.45, 2.75) is 20.8 Å². The van der Waals surface area contributed by atoms with Gasteiger partial charge in [0.25, 0.3) is 5.91 Å². The van der Waals surface area contributed by atoms with Crippen LogP contribution in [-0.2, 0) is 0 Å². The molecular formula is C10H14N2O. The predicted octanol–water partition coefficient (Wildman–Crippen LogP) is 1.45. The second-order valence-electron chi connectivity index (χ2n) is 2.96. The minimum absolute atomic E-state index is 0.106. The van der Waals surface area contributed by atoms with Gasteiger partial charge < -0.3 is 5.32 Å². The number of aromatic nitrogens is 1. The molecule has 1 aromatic rings. The summed E-state index contributed by atoms with van der Waals surface area (Å²) in [5, 5.41) is 2.71. The molecule has 1 heterocycles. The highest BCUT2D eigenvalue weighted by Gasteiger charge is 2.05. The molecule has 1 amide bonds. The third-order valence-corrected chi connectivity index (χ3v) is 1.92. The molecule has 1 rings (SSSR count). The van der Waals surface area contributed by atoms with Gasteiger partial charge in [-0.05, 0) is 32.4 Å². The Morgan fingerprint density at radius 1 is 1.46 bits per heavy atom. The van der Waals surface area contributed by atoms with Crippen molar-refractivity contribution in [3.8, 4) is 0 Å². The Hall–Kier alpha value is -1.38. The first-order valence-electron chi connectivity index (χ1n) is 4.37. The Bertz CT molecular complexity index is 321. The molecule has 0 bridgehead atoms. The third-order valence-electron chi connectivity index (χ3n) is 1.92. The number of nitrogens with zero attached hydrogens (tertiary/aromatic N) is 1. The molecule has 0 unspecified atom stereocenters. The molecular weight excluding hydrogens is 164 g/mol. The maximum atomic E-state index is 11.3. The van der Waals surface area contributed by atoms with Crippen LogP contribution in [0.2, 0.25) is 0 Å². The average molecular weight is 178 g/mol. The number of hydrogen-bond donors (Lipinski definition) is 1. The number of nitrogens with one attached hydrogen (secondary N) is 1. The topological polar surface area (TPSA) is 42.0 Å². The average Bonchev–Trinajstić information content (AvgIpc) is 2.10. The van der Waals surface area contributed by atoms with Gasteiger partial charge in [0.2, 0.25) is 0 Å². The van der Waals surface area contributed by atoms with Crippen LogP contribution in [0.25, 0.3) is 0 Å². The number of amides is 1. The van der Waals surface area contributed by atoms with Gasteiger partial charge in [0.05, 0.1) is 0 Å². The van der Waals surface area contributed by atoms with Crippen molar-refractivity contribution in [2.75, 3.05) is 6.54 Å². The quantitative estimate of drug-likeness (QED) is 0.744. The van der Waals surface area contributed by atoms with Crippen LogP contribution in [-0.4, -0.2) is 17.4 Å². The molecule has 1 N–H and O–H groups in total. The Morgan fingerprint density at radius 2 is 2.15 bits per heavy atom. The molecule has 70 valence electrons. The number of carbonyl (C=O) groups excluding carboxylic acids is 1. The fraction of sp³-hybridized carbons (Fsp3) is 0.400. The van der Waals surface area contributed by atoms with E-state index in [1.54, 1.807) is 6.07 Å². The number of rotatable bonds is 2. The van der Waals surface area contributed by atoms with E-state index < -0.39 is 0 Å². The van der Waals surface area contributed by atoms with Crippen LogP contribution >= 0.6 is 0 Å². The Kier molecular flexibility index (Phi) is 3.01. The second-order valence-corrected chi connectivity index (χ2v) is 2.96. The first-order valence-corrected chi connectivity index (χ1v) is 4.37. The Morgan fingerprint density at radius 3 is 2.69 bits per heavy atom. The SMILES string of the molecule is CCNC(=O)c1ccc(C)c(C)n1. The monoisotopic (exact) mass is 178 g/mol. The van der Waals surface area contributed by atoms with Crippen LogP contribution in [0, 0.1) is 13.8 Å². The van der Waals surface area contributed by atoms with Gasteiger partial charge >= 0.3 is 0 Å². The number of aryl methyl sites for hydroxylation is 2. The zero-order valence-electron chi connectivity index (χ0n) is 8.22. The van der Waals surface area contributed by atoms with Gasteiger partial charge in [-0.1, -0.05) is 6.07 Å². The summed E-state index contributed by atoms with van der Waals surface area (Å²) in [5.41, 5.74) is 2.50. The van der Waals surface area contributed by atoms with Crippen molar-refractivity contribution < 1.29 is 4.79 Å².